The second-order valence-corrected chi connectivity index (χ2v) is 5.34. The molecule has 2 amide bonds. The molecule has 2 atom stereocenters. The number of amides is 2. The van der Waals surface area contributed by atoms with Crippen molar-refractivity contribution in [3.8, 4) is 0 Å². The molecule has 2 heterocycles. The van der Waals surface area contributed by atoms with E-state index in [9.17, 15) is 19.5 Å². The maximum absolute atomic E-state index is 11.9. The number of carboxylic acid groups (broad SMARTS) is 1. The molecule has 8 nitrogen and oxygen atoms in total. The molecule has 2 unspecified atom stereocenters. The summed E-state index contributed by atoms with van der Waals surface area (Å²) in [6, 6.07) is 2.13. The summed E-state index contributed by atoms with van der Waals surface area (Å²) in [5, 5.41) is 14.3. The van der Waals surface area contributed by atoms with E-state index >= 15 is 0 Å². The fourth-order valence-electron chi connectivity index (χ4n) is 2.44. The SMILES string of the molecule is O=C(CCNC(=O)c1ccco1)NC(C(=O)O)C1CCCOC1. The predicted molar refractivity (Wildman–Crippen MR) is 78.8 cm³/mol. The van der Waals surface area contributed by atoms with Crippen molar-refractivity contribution >= 4 is 17.8 Å². The molecule has 3 N–H and O–H groups in total. The van der Waals surface area contributed by atoms with Crippen LogP contribution in [0.2, 0.25) is 0 Å². The van der Waals surface area contributed by atoms with Crippen molar-refractivity contribution in [2.75, 3.05) is 19.8 Å². The minimum atomic E-state index is -1.08. The van der Waals surface area contributed by atoms with Gasteiger partial charge in [-0.25, -0.2) is 4.79 Å². The minimum Gasteiger partial charge on any atom is -0.480 e. The molecule has 0 aromatic carbocycles. The van der Waals surface area contributed by atoms with Gasteiger partial charge in [-0.2, -0.15) is 0 Å². The number of ether oxygens (including phenoxy) is 1. The summed E-state index contributed by atoms with van der Waals surface area (Å²) in [6.45, 7) is 1.04. The van der Waals surface area contributed by atoms with Crippen LogP contribution in [-0.2, 0) is 14.3 Å². The first-order valence-corrected chi connectivity index (χ1v) is 7.49. The number of carbonyl (C=O) groups excluding carboxylic acids is 2. The summed E-state index contributed by atoms with van der Waals surface area (Å²) in [4.78, 5) is 34.8. The Kier molecular flexibility index (Phi) is 6.16. The Bertz CT molecular complexity index is 536. The van der Waals surface area contributed by atoms with E-state index in [-0.39, 0.29) is 24.6 Å². The predicted octanol–water partition coefficient (Wildman–Crippen LogP) is 0.395. The lowest BCUT2D eigenvalue weighted by molar-refractivity contribution is -0.145. The highest BCUT2D eigenvalue weighted by Crippen LogP contribution is 2.17. The Balaban J connectivity index is 1.75. The standard InChI is InChI=1S/C15H20N2O6/c18-12(5-6-16-14(19)11-4-2-8-23-11)17-13(15(20)21)10-3-1-7-22-9-10/h2,4,8,10,13H,1,3,5-7,9H2,(H,16,19)(H,17,18)(H,20,21). The monoisotopic (exact) mass is 324 g/mol. The van der Waals surface area contributed by atoms with Crippen molar-refractivity contribution in [1.82, 2.24) is 10.6 Å². The molecule has 0 spiro atoms. The van der Waals surface area contributed by atoms with Crippen LogP contribution in [0, 0.1) is 5.92 Å². The van der Waals surface area contributed by atoms with Gasteiger partial charge in [0.1, 0.15) is 6.04 Å². The van der Waals surface area contributed by atoms with E-state index in [1.54, 1.807) is 6.07 Å². The zero-order valence-corrected chi connectivity index (χ0v) is 12.6. The molecule has 1 fully saturated rings. The smallest absolute Gasteiger partial charge is 0.326 e. The van der Waals surface area contributed by atoms with Crippen molar-refractivity contribution in [1.29, 1.82) is 0 Å². The van der Waals surface area contributed by atoms with Crippen molar-refractivity contribution < 1.29 is 28.6 Å². The fraction of sp³-hybridized carbons (Fsp3) is 0.533. The lowest BCUT2D eigenvalue weighted by Gasteiger charge is -2.28. The molecule has 0 radical (unpaired) electrons. The molecule has 23 heavy (non-hydrogen) atoms. The van der Waals surface area contributed by atoms with Crippen LogP contribution in [0.15, 0.2) is 22.8 Å². The Morgan fingerprint density at radius 1 is 1.39 bits per heavy atom. The average Bonchev–Trinajstić information content (AvgIpc) is 3.07. The summed E-state index contributed by atoms with van der Waals surface area (Å²) >= 11 is 0. The maximum Gasteiger partial charge on any atom is 0.326 e. The Hall–Kier alpha value is -2.35. The number of aliphatic carboxylic acids is 1. The van der Waals surface area contributed by atoms with Crippen molar-refractivity contribution in [2.24, 2.45) is 5.92 Å². The first-order chi connectivity index (χ1) is 11.1. The van der Waals surface area contributed by atoms with E-state index in [1.807, 2.05) is 0 Å². The number of carbonyl (C=O) groups is 3. The lowest BCUT2D eigenvalue weighted by Crippen LogP contribution is -2.48. The van der Waals surface area contributed by atoms with Gasteiger partial charge in [-0.3, -0.25) is 9.59 Å². The van der Waals surface area contributed by atoms with Gasteiger partial charge in [0.15, 0.2) is 5.76 Å². The van der Waals surface area contributed by atoms with Crippen LogP contribution >= 0.6 is 0 Å². The second kappa shape index (κ2) is 8.33. The van der Waals surface area contributed by atoms with Gasteiger partial charge in [0.2, 0.25) is 5.91 Å². The van der Waals surface area contributed by atoms with Gasteiger partial charge in [0, 0.05) is 25.5 Å². The van der Waals surface area contributed by atoms with Gasteiger partial charge in [-0.1, -0.05) is 0 Å². The molecule has 1 aromatic heterocycles. The molecule has 2 rings (SSSR count). The van der Waals surface area contributed by atoms with E-state index in [4.69, 9.17) is 9.15 Å². The van der Waals surface area contributed by atoms with Crippen molar-refractivity contribution in [2.45, 2.75) is 25.3 Å². The third-order valence-electron chi connectivity index (χ3n) is 3.63. The number of carboxylic acids is 1. The number of furan rings is 1. The summed E-state index contributed by atoms with van der Waals surface area (Å²) in [5.74, 6) is -1.99. The zero-order chi connectivity index (χ0) is 16.7. The van der Waals surface area contributed by atoms with Crippen LogP contribution < -0.4 is 10.6 Å². The number of hydrogen-bond donors (Lipinski definition) is 3. The molecule has 1 aromatic rings. The van der Waals surface area contributed by atoms with Gasteiger partial charge in [-0.05, 0) is 25.0 Å². The summed E-state index contributed by atoms with van der Waals surface area (Å²) < 4.78 is 10.2. The first-order valence-electron chi connectivity index (χ1n) is 7.49. The van der Waals surface area contributed by atoms with Crippen LogP contribution in [-0.4, -0.2) is 48.7 Å². The first kappa shape index (κ1) is 17.0. The molecule has 126 valence electrons. The minimum absolute atomic E-state index is 0.0101. The zero-order valence-electron chi connectivity index (χ0n) is 12.6. The van der Waals surface area contributed by atoms with E-state index in [1.165, 1.54) is 12.3 Å². The fourth-order valence-corrected chi connectivity index (χ4v) is 2.44. The molecule has 0 aliphatic carbocycles. The summed E-state index contributed by atoms with van der Waals surface area (Å²) in [5.41, 5.74) is 0. The van der Waals surface area contributed by atoms with E-state index in [2.05, 4.69) is 10.6 Å². The largest absolute Gasteiger partial charge is 0.480 e. The van der Waals surface area contributed by atoms with E-state index < -0.39 is 23.8 Å². The van der Waals surface area contributed by atoms with Gasteiger partial charge in [0.25, 0.3) is 5.91 Å². The normalized spacial score (nSPS) is 18.9. The number of rotatable bonds is 7. The third-order valence-corrected chi connectivity index (χ3v) is 3.63. The molecule has 8 heteroatoms. The summed E-state index contributed by atoms with van der Waals surface area (Å²) in [6.07, 6.45) is 2.85. The summed E-state index contributed by atoms with van der Waals surface area (Å²) in [7, 11) is 0. The molecule has 0 saturated carbocycles. The topological polar surface area (TPSA) is 118 Å². The highest BCUT2D eigenvalue weighted by molar-refractivity contribution is 5.91. The molecule has 1 aliphatic heterocycles. The van der Waals surface area contributed by atoms with Gasteiger partial charge in [0.05, 0.1) is 12.9 Å². The van der Waals surface area contributed by atoms with Gasteiger partial charge in [-0.15, -0.1) is 0 Å². The third kappa shape index (κ3) is 5.10. The maximum atomic E-state index is 11.9. The molecule has 1 aliphatic rings. The van der Waals surface area contributed by atoms with E-state index in [0.29, 0.717) is 19.6 Å². The van der Waals surface area contributed by atoms with Crippen LogP contribution in [0.4, 0.5) is 0 Å². The Labute approximate surface area is 133 Å². The average molecular weight is 324 g/mol. The second-order valence-electron chi connectivity index (χ2n) is 5.34. The Morgan fingerprint density at radius 2 is 2.22 bits per heavy atom. The van der Waals surface area contributed by atoms with Crippen LogP contribution in [0.3, 0.4) is 0 Å². The van der Waals surface area contributed by atoms with Crippen molar-refractivity contribution in [3.63, 3.8) is 0 Å². The van der Waals surface area contributed by atoms with Crippen LogP contribution in [0.5, 0.6) is 0 Å². The highest BCUT2D eigenvalue weighted by Gasteiger charge is 2.31. The molecule has 0 bridgehead atoms. The molecular formula is C15H20N2O6. The molecule has 1 saturated heterocycles. The van der Waals surface area contributed by atoms with Gasteiger partial charge < -0.3 is 24.9 Å². The van der Waals surface area contributed by atoms with Crippen LogP contribution in [0.1, 0.15) is 29.8 Å². The quantitative estimate of drug-likeness (QED) is 0.668. The lowest BCUT2D eigenvalue weighted by atomic mass is 9.93. The van der Waals surface area contributed by atoms with Crippen molar-refractivity contribution in [3.05, 3.63) is 24.2 Å². The number of hydrogen-bond acceptors (Lipinski definition) is 5. The Morgan fingerprint density at radius 3 is 2.83 bits per heavy atom. The van der Waals surface area contributed by atoms with Crippen LogP contribution in [0.25, 0.3) is 0 Å². The molecular weight excluding hydrogens is 304 g/mol. The van der Waals surface area contributed by atoms with Gasteiger partial charge >= 0.3 is 5.97 Å². The van der Waals surface area contributed by atoms with E-state index in [0.717, 1.165) is 6.42 Å². The number of nitrogens with one attached hydrogen (secondary N) is 2. The highest BCUT2D eigenvalue weighted by atomic mass is 16.5.